The van der Waals surface area contributed by atoms with E-state index >= 15 is 0 Å². The zero-order valence-electron chi connectivity index (χ0n) is 10.2. The molecule has 1 rings (SSSR count). The summed E-state index contributed by atoms with van der Waals surface area (Å²) >= 11 is 5.61. The van der Waals surface area contributed by atoms with Crippen molar-refractivity contribution in [2.24, 2.45) is 0 Å². The van der Waals surface area contributed by atoms with Crippen molar-refractivity contribution < 1.29 is 14.6 Å². The zero-order valence-corrected chi connectivity index (χ0v) is 11.0. The molecule has 1 aromatic rings. The monoisotopic (exact) mass is 256 g/mol. The lowest BCUT2D eigenvalue weighted by Crippen LogP contribution is -2.21. The van der Waals surface area contributed by atoms with E-state index in [1.807, 2.05) is 25.1 Å². The van der Waals surface area contributed by atoms with E-state index in [9.17, 15) is 4.79 Å². The fourth-order valence-corrected chi connectivity index (χ4v) is 1.54. The van der Waals surface area contributed by atoms with E-state index in [0.717, 1.165) is 11.1 Å². The van der Waals surface area contributed by atoms with Gasteiger partial charge in [-0.05, 0) is 30.0 Å². The molecule has 0 bridgehead atoms. The summed E-state index contributed by atoms with van der Waals surface area (Å²) in [7, 11) is 0. The van der Waals surface area contributed by atoms with Gasteiger partial charge in [0.2, 0.25) is 0 Å². The molecule has 0 aliphatic heterocycles. The number of benzene rings is 1. The van der Waals surface area contributed by atoms with Gasteiger partial charge in [0.05, 0.1) is 0 Å². The minimum Gasteiger partial charge on any atom is -0.491 e. The van der Waals surface area contributed by atoms with E-state index in [4.69, 9.17) is 21.4 Å². The molecule has 1 atom stereocenters. The van der Waals surface area contributed by atoms with Gasteiger partial charge in [0.1, 0.15) is 12.4 Å². The van der Waals surface area contributed by atoms with Gasteiger partial charge < -0.3 is 9.84 Å². The Morgan fingerprint density at radius 3 is 2.65 bits per heavy atom. The van der Waals surface area contributed by atoms with Gasteiger partial charge in [0, 0.05) is 0 Å². The molecular formula is C13H17ClO3. The average molecular weight is 257 g/mol. The van der Waals surface area contributed by atoms with Crippen LogP contribution in [-0.2, 0) is 4.79 Å². The highest BCUT2D eigenvalue weighted by Crippen LogP contribution is 2.27. The molecule has 1 unspecified atom stereocenters. The minimum atomic E-state index is -1.06. The number of aliphatic carboxylic acids is 1. The van der Waals surface area contributed by atoms with E-state index in [-0.39, 0.29) is 6.61 Å². The third-order valence-corrected chi connectivity index (χ3v) is 2.76. The van der Waals surface area contributed by atoms with Crippen LogP contribution in [0.15, 0.2) is 18.2 Å². The number of alkyl halides is 1. The molecule has 0 saturated heterocycles. The summed E-state index contributed by atoms with van der Waals surface area (Å²) in [5.74, 6) is -0.0264. The van der Waals surface area contributed by atoms with E-state index < -0.39 is 11.3 Å². The summed E-state index contributed by atoms with van der Waals surface area (Å²) in [6.45, 7) is 6.06. The highest BCUT2D eigenvalue weighted by Gasteiger charge is 2.16. The van der Waals surface area contributed by atoms with Crippen molar-refractivity contribution >= 4 is 17.6 Å². The van der Waals surface area contributed by atoms with Crippen LogP contribution in [0.2, 0.25) is 0 Å². The fraction of sp³-hybridized carbons (Fsp3) is 0.462. The molecule has 0 aromatic heterocycles. The molecule has 0 spiro atoms. The summed E-state index contributed by atoms with van der Waals surface area (Å²) in [5.41, 5.74) is 2.13. The highest BCUT2D eigenvalue weighted by atomic mass is 35.5. The van der Waals surface area contributed by atoms with Crippen molar-refractivity contribution in [3.8, 4) is 5.75 Å². The molecule has 4 heteroatoms. The number of carboxylic acids is 1. The Morgan fingerprint density at radius 2 is 2.12 bits per heavy atom. The Balaban J connectivity index is 2.82. The first kappa shape index (κ1) is 13.8. The first-order valence-electron chi connectivity index (χ1n) is 5.52. The molecule has 17 heavy (non-hydrogen) atoms. The van der Waals surface area contributed by atoms with Gasteiger partial charge in [-0.2, -0.15) is 0 Å². The standard InChI is InChI=1S/C13H17ClO3/c1-8(2)10-5-4-9(3)6-12(10)17-7-11(14)13(15)16/h4-6,8,11H,7H2,1-3H3,(H,15,16). The molecule has 1 N–H and O–H groups in total. The largest absolute Gasteiger partial charge is 0.491 e. The summed E-state index contributed by atoms with van der Waals surface area (Å²) in [4.78, 5) is 10.6. The van der Waals surface area contributed by atoms with Crippen molar-refractivity contribution in [1.82, 2.24) is 0 Å². The molecule has 1 aromatic carbocycles. The molecule has 3 nitrogen and oxygen atoms in total. The van der Waals surface area contributed by atoms with Gasteiger partial charge in [-0.3, -0.25) is 4.79 Å². The maximum absolute atomic E-state index is 10.6. The van der Waals surface area contributed by atoms with Gasteiger partial charge in [-0.15, -0.1) is 11.6 Å². The normalized spacial score (nSPS) is 12.5. The number of rotatable bonds is 5. The van der Waals surface area contributed by atoms with Crippen LogP contribution in [0.1, 0.15) is 30.9 Å². The topological polar surface area (TPSA) is 46.5 Å². The number of hydrogen-bond donors (Lipinski definition) is 1. The lowest BCUT2D eigenvalue weighted by molar-refractivity contribution is -0.137. The summed E-state index contributed by atoms with van der Waals surface area (Å²) in [6, 6.07) is 5.91. The van der Waals surface area contributed by atoms with E-state index in [2.05, 4.69) is 13.8 Å². The maximum atomic E-state index is 10.6. The van der Waals surface area contributed by atoms with E-state index in [1.54, 1.807) is 0 Å². The predicted molar refractivity (Wildman–Crippen MR) is 68.0 cm³/mol. The first-order valence-corrected chi connectivity index (χ1v) is 5.95. The van der Waals surface area contributed by atoms with Crippen molar-refractivity contribution in [2.45, 2.75) is 32.1 Å². The third-order valence-electron chi connectivity index (χ3n) is 2.44. The van der Waals surface area contributed by atoms with Gasteiger partial charge in [0.25, 0.3) is 0 Å². The Hall–Kier alpha value is -1.22. The number of halogens is 1. The molecule has 94 valence electrons. The molecule has 0 amide bonds. The molecule has 0 radical (unpaired) electrons. The SMILES string of the molecule is Cc1ccc(C(C)C)c(OCC(Cl)C(=O)O)c1. The zero-order chi connectivity index (χ0) is 13.0. The van der Waals surface area contributed by atoms with Crippen LogP contribution < -0.4 is 4.74 Å². The van der Waals surface area contributed by atoms with Crippen molar-refractivity contribution in [2.75, 3.05) is 6.61 Å². The van der Waals surface area contributed by atoms with Gasteiger partial charge >= 0.3 is 5.97 Å². The van der Waals surface area contributed by atoms with Crippen molar-refractivity contribution in [1.29, 1.82) is 0 Å². The van der Waals surface area contributed by atoms with Gasteiger partial charge in [-0.1, -0.05) is 26.0 Å². The van der Waals surface area contributed by atoms with Crippen LogP contribution in [0.3, 0.4) is 0 Å². The van der Waals surface area contributed by atoms with Crippen LogP contribution in [-0.4, -0.2) is 23.1 Å². The van der Waals surface area contributed by atoms with Crippen LogP contribution in [0.25, 0.3) is 0 Å². The second-order valence-corrected chi connectivity index (χ2v) is 4.84. The Bertz CT molecular complexity index is 402. The Morgan fingerprint density at radius 1 is 1.47 bits per heavy atom. The van der Waals surface area contributed by atoms with Crippen molar-refractivity contribution in [3.63, 3.8) is 0 Å². The lowest BCUT2D eigenvalue weighted by Gasteiger charge is -2.15. The van der Waals surface area contributed by atoms with Crippen molar-refractivity contribution in [3.05, 3.63) is 29.3 Å². The van der Waals surface area contributed by atoms with Crippen LogP contribution in [0.4, 0.5) is 0 Å². The summed E-state index contributed by atoms with van der Waals surface area (Å²) < 4.78 is 5.49. The molecule has 0 aliphatic rings. The minimum absolute atomic E-state index is 0.0277. The quantitative estimate of drug-likeness (QED) is 0.823. The van der Waals surface area contributed by atoms with Crippen LogP contribution >= 0.6 is 11.6 Å². The average Bonchev–Trinajstić information content (AvgIpc) is 2.25. The number of carboxylic acid groups (broad SMARTS) is 1. The van der Waals surface area contributed by atoms with Crippen LogP contribution in [0, 0.1) is 6.92 Å². The molecule has 0 saturated carbocycles. The first-order chi connectivity index (χ1) is 7.91. The number of ether oxygens (including phenoxy) is 1. The lowest BCUT2D eigenvalue weighted by atomic mass is 10.0. The number of aryl methyl sites for hydroxylation is 1. The van der Waals surface area contributed by atoms with E-state index in [1.165, 1.54) is 0 Å². The highest BCUT2D eigenvalue weighted by molar-refractivity contribution is 6.29. The molecule has 0 fully saturated rings. The Kier molecular flexibility index (Phi) is 4.82. The predicted octanol–water partition coefficient (Wildman–Crippen LogP) is 3.19. The smallest absolute Gasteiger partial charge is 0.325 e. The van der Waals surface area contributed by atoms with Crippen LogP contribution in [0.5, 0.6) is 5.75 Å². The summed E-state index contributed by atoms with van der Waals surface area (Å²) in [6.07, 6.45) is 0. The second-order valence-electron chi connectivity index (χ2n) is 4.31. The number of carbonyl (C=O) groups is 1. The fourth-order valence-electron chi connectivity index (χ4n) is 1.48. The van der Waals surface area contributed by atoms with Gasteiger partial charge in [-0.25, -0.2) is 0 Å². The number of hydrogen-bond acceptors (Lipinski definition) is 2. The maximum Gasteiger partial charge on any atom is 0.325 e. The molecule has 0 aliphatic carbocycles. The summed E-state index contributed by atoms with van der Waals surface area (Å²) in [5, 5.41) is 7.66. The Labute approximate surface area is 106 Å². The van der Waals surface area contributed by atoms with Gasteiger partial charge in [0.15, 0.2) is 5.38 Å². The molecular weight excluding hydrogens is 240 g/mol. The second kappa shape index (κ2) is 5.92. The third kappa shape index (κ3) is 3.93. The van der Waals surface area contributed by atoms with E-state index in [0.29, 0.717) is 11.7 Å². The molecule has 0 heterocycles.